The smallest absolute Gasteiger partial charge is 0.326 e. The van der Waals surface area contributed by atoms with Crippen LogP contribution in [0.2, 0.25) is 0 Å². The maximum atomic E-state index is 12.0. The highest BCUT2D eigenvalue weighted by atomic mass is 16.4. The maximum Gasteiger partial charge on any atom is 0.326 e. The second kappa shape index (κ2) is 6.13. The first-order valence-electron chi connectivity index (χ1n) is 6.01. The Kier molecular flexibility index (Phi) is 4.80. The van der Waals surface area contributed by atoms with Gasteiger partial charge in [-0.15, -0.1) is 0 Å². The molecule has 0 heterocycles. The molecule has 0 aliphatic carbocycles. The van der Waals surface area contributed by atoms with Gasteiger partial charge in [0.1, 0.15) is 6.04 Å². The van der Waals surface area contributed by atoms with Crippen LogP contribution in [0.15, 0.2) is 24.3 Å². The number of hydrogen-bond acceptors (Lipinski definition) is 3. The van der Waals surface area contributed by atoms with E-state index in [-0.39, 0.29) is 11.7 Å². The van der Waals surface area contributed by atoms with Crippen LogP contribution < -0.4 is 0 Å². The fourth-order valence-corrected chi connectivity index (χ4v) is 1.55. The Labute approximate surface area is 111 Å². The molecule has 0 bridgehead atoms. The number of amides is 1. The van der Waals surface area contributed by atoms with Crippen LogP contribution in [0.3, 0.4) is 0 Å². The van der Waals surface area contributed by atoms with Crippen molar-refractivity contribution in [3.8, 4) is 0 Å². The summed E-state index contributed by atoms with van der Waals surface area (Å²) in [5.41, 5.74) is 0.913. The minimum absolute atomic E-state index is 0.00579. The summed E-state index contributed by atoms with van der Waals surface area (Å²) in [4.78, 5) is 35.4. The Balaban J connectivity index is 2.89. The van der Waals surface area contributed by atoms with E-state index in [1.807, 2.05) is 0 Å². The third-order valence-corrected chi connectivity index (χ3v) is 3.03. The lowest BCUT2D eigenvalue weighted by atomic mass is 10.1. The zero-order valence-electron chi connectivity index (χ0n) is 11.2. The first-order chi connectivity index (χ1) is 8.88. The van der Waals surface area contributed by atoms with Gasteiger partial charge in [-0.05, 0) is 19.1 Å². The molecule has 1 aromatic carbocycles. The number of hydrogen-bond donors (Lipinski definition) is 1. The molecule has 0 fully saturated rings. The summed E-state index contributed by atoms with van der Waals surface area (Å²) >= 11 is 0. The Morgan fingerprint density at radius 1 is 1.16 bits per heavy atom. The molecule has 0 aromatic heterocycles. The summed E-state index contributed by atoms with van der Waals surface area (Å²) < 4.78 is 0. The van der Waals surface area contributed by atoms with Crippen LogP contribution in [0.25, 0.3) is 0 Å². The third kappa shape index (κ3) is 3.40. The molecule has 1 N–H and O–H groups in total. The molecular weight excluding hydrogens is 246 g/mol. The number of aliphatic carboxylic acids is 1. The Hall–Kier alpha value is -2.17. The van der Waals surface area contributed by atoms with Crippen LogP contribution in [0, 0.1) is 0 Å². The zero-order valence-corrected chi connectivity index (χ0v) is 11.2. The minimum Gasteiger partial charge on any atom is -0.480 e. The van der Waals surface area contributed by atoms with Gasteiger partial charge in [-0.25, -0.2) is 4.79 Å². The van der Waals surface area contributed by atoms with Crippen LogP contribution in [-0.2, 0) is 4.79 Å². The maximum absolute atomic E-state index is 12.0. The SMILES string of the molecule is CCC(=O)c1ccc(C(=O)N(C)C(C)C(=O)O)cc1. The van der Waals surface area contributed by atoms with Crippen molar-refractivity contribution >= 4 is 17.7 Å². The second-order valence-corrected chi connectivity index (χ2v) is 4.28. The molecule has 1 unspecified atom stereocenters. The molecule has 102 valence electrons. The molecule has 0 aliphatic rings. The van der Waals surface area contributed by atoms with Gasteiger partial charge >= 0.3 is 5.97 Å². The number of carbonyl (C=O) groups is 3. The van der Waals surface area contributed by atoms with Crippen LogP contribution in [0.4, 0.5) is 0 Å². The van der Waals surface area contributed by atoms with Crippen molar-refractivity contribution in [2.75, 3.05) is 7.05 Å². The number of carboxylic acid groups (broad SMARTS) is 1. The van der Waals surface area contributed by atoms with Gasteiger partial charge in [0.15, 0.2) is 5.78 Å². The topological polar surface area (TPSA) is 74.7 Å². The van der Waals surface area contributed by atoms with Gasteiger partial charge in [-0.2, -0.15) is 0 Å². The predicted octanol–water partition coefficient (Wildman–Crippen LogP) is 1.82. The number of nitrogens with zero attached hydrogens (tertiary/aromatic N) is 1. The predicted molar refractivity (Wildman–Crippen MR) is 70.3 cm³/mol. The van der Waals surface area contributed by atoms with E-state index < -0.39 is 12.0 Å². The summed E-state index contributed by atoms with van der Waals surface area (Å²) in [7, 11) is 1.44. The first-order valence-corrected chi connectivity index (χ1v) is 6.01. The van der Waals surface area contributed by atoms with Gasteiger partial charge < -0.3 is 10.0 Å². The second-order valence-electron chi connectivity index (χ2n) is 4.28. The zero-order chi connectivity index (χ0) is 14.6. The van der Waals surface area contributed by atoms with Crippen molar-refractivity contribution < 1.29 is 19.5 Å². The summed E-state index contributed by atoms with van der Waals surface area (Å²) in [6.07, 6.45) is 0.406. The standard InChI is InChI=1S/C14H17NO4/c1-4-12(16)10-5-7-11(8-6-10)13(17)15(3)9(2)14(18)19/h5-9H,4H2,1-3H3,(H,18,19). The normalized spacial score (nSPS) is 11.7. The first kappa shape index (κ1) is 14.9. The number of rotatable bonds is 5. The Morgan fingerprint density at radius 2 is 1.63 bits per heavy atom. The molecule has 0 radical (unpaired) electrons. The number of likely N-dealkylation sites (N-methyl/N-ethyl adjacent to an activating group) is 1. The van der Waals surface area contributed by atoms with Gasteiger partial charge in [0.05, 0.1) is 0 Å². The molecule has 0 saturated heterocycles. The van der Waals surface area contributed by atoms with E-state index in [2.05, 4.69) is 0 Å². The number of carbonyl (C=O) groups excluding carboxylic acids is 2. The van der Waals surface area contributed by atoms with Gasteiger partial charge in [-0.1, -0.05) is 19.1 Å². The van der Waals surface area contributed by atoms with E-state index in [0.717, 1.165) is 4.90 Å². The van der Waals surface area contributed by atoms with Crippen molar-refractivity contribution in [2.45, 2.75) is 26.3 Å². The van der Waals surface area contributed by atoms with E-state index in [1.165, 1.54) is 26.1 Å². The highest BCUT2D eigenvalue weighted by Gasteiger charge is 2.22. The van der Waals surface area contributed by atoms with Crippen LogP contribution in [0.5, 0.6) is 0 Å². The van der Waals surface area contributed by atoms with Crippen LogP contribution in [0.1, 0.15) is 41.0 Å². The average Bonchev–Trinajstić information content (AvgIpc) is 2.44. The van der Waals surface area contributed by atoms with E-state index in [0.29, 0.717) is 17.5 Å². The molecule has 1 rings (SSSR count). The third-order valence-electron chi connectivity index (χ3n) is 3.03. The Bertz CT molecular complexity index is 493. The number of Topliss-reactive ketones (excluding diaryl/α,β-unsaturated/α-hetero) is 1. The molecule has 1 aromatic rings. The molecule has 19 heavy (non-hydrogen) atoms. The monoisotopic (exact) mass is 263 g/mol. The number of ketones is 1. The molecule has 1 atom stereocenters. The summed E-state index contributed by atoms with van der Waals surface area (Å²) in [6.45, 7) is 3.21. The molecule has 5 heteroatoms. The lowest BCUT2D eigenvalue weighted by Crippen LogP contribution is -2.40. The summed E-state index contributed by atoms with van der Waals surface area (Å²) in [5, 5.41) is 8.86. The highest BCUT2D eigenvalue weighted by Crippen LogP contribution is 2.10. The fourth-order valence-electron chi connectivity index (χ4n) is 1.55. The molecule has 0 aliphatic heterocycles. The van der Waals surface area contributed by atoms with Crippen LogP contribution in [-0.4, -0.2) is 40.8 Å². The van der Waals surface area contributed by atoms with E-state index in [1.54, 1.807) is 19.1 Å². The summed E-state index contributed by atoms with van der Waals surface area (Å²) in [5.74, 6) is -1.44. The quantitative estimate of drug-likeness (QED) is 0.822. The molecular formula is C14H17NO4. The number of benzene rings is 1. The van der Waals surface area contributed by atoms with Crippen LogP contribution >= 0.6 is 0 Å². The largest absolute Gasteiger partial charge is 0.480 e. The lowest BCUT2D eigenvalue weighted by Gasteiger charge is -2.21. The average molecular weight is 263 g/mol. The Morgan fingerprint density at radius 3 is 2.05 bits per heavy atom. The van der Waals surface area contributed by atoms with Crippen molar-refractivity contribution in [3.63, 3.8) is 0 Å². The van der Waals surface area contributed by atoms with Gasteiger partial charge in [0, 0.05) is 24.6 Å². The van der Waals surface area contributed by atoms with Crippen molar-refractivity contribution in [1.82, 2.24) is 4.90 Å². The molecule has 1 amide bonds. The highest BCUT2D eigenvalue weighted by molar-refractivity contribution is 5.99. The number of carboxylic acids is 1. The van der Waals surface area contributed by atoms with E-state index in [4.69, 9.17) is 5.11 Å². The minimum atomic E-state index is -1.06. The molecule has 0 saturated carbocycles. The van der Waals surface area contributed by atoms with Crippen molar-refractivity contribution in [2.24, 2.45) is 0 Å². The van der Waals surface area contributed by atoms with Crippen molar-refractivity contribution in [3.05, 3.63) is 35.4 Å². The van der Waals surface area contributed by atoms with Crippen molar-refractivity contribution in [1.29, 1.82) is 0 Å². The lowest BCUT2D eigenvalue weighted by molar-refractivity contribution is -0.141. The van der Waals surface area contributed by atoms with Gasteiger partial charge in [-0.3, -0.25) is 9.59 Å². The van der Waals surface area contributed by atoms with E-state index in [9.17, 15) is 14.4 Å². The molecule has 5 nitrogen and oxygen atoms in total. The molecule has 0 spiro atoms. The van der Waals surface area contributed by atoms with Gasteiger partial charge in [0.2, 0.25) is 0 Å². The van der Waals surface area contributed by atoms with Gasteiger partial charge in [0.25, 0.3) is 5.91 Å². The van der Waals surface area contributed by atoms with E-state index >= 15 is 0 Å². The fraction of sp³-hybridized carbons (Fsp3) is 0.357. The summed E-state index contributed by atoms with van der Waals surface area (Å²) in [6, 6.07) is 5.34.